The summed E-state index contributed by atoms with van der Waals surface area (Å²) in [6.45, 7) is 0. The Hall–Kier alpha value is -2.71. The number of hydrogen-bond acceptors (Lipinski definition) is 1. The summed E-state index contributed by atoms with van der Waals surface area (Å²) in [5, 5.41) is 5.69. The predicted octanol–water partition coefficient (Wildman–Crippen LogP) is 6.67. The van der Waals surface area contributed by atoms with Crippen LogP contribution in [0.15, 0.2) is 72.8 Å². The van der Waals surface area contributed by atoms with E-state index in [-0.39, 0.29) is 6.04 Å². The summed E-state index contributed by atoms with van der Waals surface area (Å²) in [5.41, 5.74) is 2.44. The minimum absolute atomic E-state index is 0.283. The number of halogens is 1. The summed E-state index contributed by atoms with van der Waals surface area (Å²) in [5.74, 6) is 0.878. The zero-order valence-corrected chi connectivity index (χ0v) is 15.2. The van der Waals surface area contributed by atoms with Gasteiger partial charge in [-0.3, -0.25) is 0 Å². The van der Waals surface area contributed by atoms with E-state index in [0.29, 0.717) is 0 Å². The van der Waals surface area contributed by atoms with Crippen LogP contribution in [0.1, 0.15) is 12.5 Å². The van der Waals surface area contributed by atoms with E-state index < -0.39 is 0 Å². The fourth-order valence-electron chi connectivity index (χ4n) is 4.05. The van der Waals surface area contributed by atoms with Gasteiger partial charge in [0.15, 0.2) is 0 Å². The van der Waals surface area contributed by atoms with Crippen LogP contribution in [0.2, 0.25) is 5.02 Å². The summed E-state index contributed by atoms with van der Waals surface area (Å²) in [6.07, 6.45) is 9.71. The summed E-state index contributed by atoms with van der Waals surface area (Å²) in [4.78, 5) is 0. The average Bonchev–Trinajstić information content (AvgIpc) is 3.01. The quantitative estimate of drug-likeness (QED) is 0.390. The summed E-state index contributed by atoms with van der Waals surface area (Å²) in [7, 11) is 1.71. The second-order valence-corrected chi connectivity index (χ2v) is 7.13. The lowest BCUT2D eigenvalue weighted by Gasteiger charge is -2.19. The smallest absolute Gasteiger partial charge is 0.119 e. The van der Waals surface area contributed by atoms with Crippen molar-refractivity contribution >= 4 is 44.2 Å². The molecule has 0 bridgehead atoms. The highest BCUT2D eigenvalue weighted by Crippen LogP contribution is 2.39. The molecule has 1 aliphatic rings. The van der Waals surface area contributed by atoms with Gasteiger partial charge in [0.25, 0.3) is 0 Å². The molecule has 1 aliphatic carbocycles. The van der Waals surface area contributed by atoms with Crippen molar-refractivity contribution in [2.75, 3.05) is 7.11 Å². The van der Waals surface area contributed by atoms with Crippen molar-refractivity contribution in [2.45, 2.75) is 12.5 Å². The van der Waals surface area contributed by atoms with Crippen molar-refractivity contribution in [1.29, 1.82) is 0 Å². The Kier molecular flexibility index (Phi) is 3.54. The van der Waals surface area contributed by atoms with Gasteiger partial charge in [-0.15, -0.1) is 0 Å². The molecule has 0 saturated carbocycles. The number of fused-ring (bicyclic) bond motifs is 5. The van der Waals surface area contributed by atoms with Gasteiger partial charge < -0.3 is 9.30 Å². The third kappa shape index (κ3) is 2.26. The Balaban J connectivity index is 1.95. The molecule has 0 fully saturated rings. The highest BCUT2D eigenvalue weighted by molar-refractivity contribution is 6.32. The summed E-state index contributed by atoms with van der Waals surface area (Å²) < 4.78 is 7.85. The van der Waals surface area contributed by atoms with Crippen molar-refractivity contribution in [2.24, 2.45) is 0 Å². The Morgan fingerprint density at radius 3 is 2.62 bits per heavy atom. The number of allylic oxidation sites excluding steroid dienone is 4. The minimum Gasteiger partial charge on any atom is -0.497 e. The van der Waals surface area contributed by atoms with E-state index in [2.05, 4.69) is 65.3 Å². The molecular formula is C23H18ClNO. The third-order valence-electron chi connectivity index (χ3n) is 5.24. The first kappa shape index (κ1) is 15.5. The van der Waals surface area contributed by atoms with Gasteiger partial charge in [-0.25, -0.2) is 0 Å². The van der Waals surface area contributed by atoms with Crippen LogP contribution in [0.3, 0.4) is 0 Å². The predicted molar refractivity (Wildman–Crippen MR) is 110 cm³/mol. The molecule has 2 nitrogen and oxygen atoms in total. The molecular weight excluding hydrogens is 342 g/mol. The van der Waals surface area contributed by atoms with Crippen LogP contribution in [0.25, 0.3) is 32.6 Å². The molecule has 0 aliphatic heterocycles. The highest BCUT2D eigenvalue weighted by atomic mass is 35.5. The van der Waals surface area contributed by atoms with Crippen LogP contribution in [0.4, 0.5) is 0 Å². The van der Waals surface area contributed by atoms with E-state index in [1.807, 2.05) is 12.1 Å². The number of ether oxygens (including phenoxy) is 1. The maximum Gasteiger partial charge on any atom is 0.119 e. The van der Waals surface area contributed by atoms with E-state index in [9.17, 15) is 0 Å². The van der Waals surface area contributed by atoms with Crippen molar-refractivity contribution < 1.29 is 4.74 Å². The summed E-state index contributed by atoms with van der Waals surface area (Å²) >= 11 is 6.35. The topological polar surface area (TPSA) is 14.2 Å². The highest BCUT2D eigenvalue weighted by Gasteiger charge is 2.19. The lowest BCUT2D eigenvalue weighted by molar-refractivity contribution is 0.415. The molecule has 0 amide bonds. The van der Waals surface area contributed by atoms with Crippen molar-refractivity contribution in [1.82, 2.24) is 4.57 Å². The first-order valence-electron chi connectivity index (χ1n) is 8.79. The lowest BCUT2D eigenvalue weighted by atomic mass is 10.0. The van der Waals surface area contributed by atoms with Gasteiger partial charge in [-0.2, -0.15) is 0 Å². The second-order valence-electron chi connectivity index (χ2n) is 6.70. The largest absolute Gasteiger partial charge is 0.497 e. The van der Waals surface area contributed by atoms with Gasteiger partial charge in [-0.1, -0.05) is 54.1 Å². The van der Waals surface area contributed by atoms with Crippen molar-refractivity contribution in [3.63, 3.8) is 0 Å². The Labute approximate surface area is 156 Å². The van der Waals surface area contributed by atoms with Crippen molar-refractivity contribution in [3.05, 3.63) is 77.9 Å². The maximum atomic E-state index is 6.35. The standard InChI is InChI=1S/C23H18ClNO/c1-26-18-9-12-19-15(13-18)7-10-21-20-11-8-16(24)14-22(20)25(23(19)21)17-5-3-2-4-6-17/h2-5,7-14,17H,6H2,1H3. The third-order valence-corrected chi connectivity index (χ3v) is 5.47. The van der Waals surface area contributed by atoms with Crippen molar-refractivity contribution in [3.8, 4) is 5.75 Å². The average molecular weight is 360 g/mol. The molecule has 0 radical (unpaired) electrons. The monoisotopic (exact) mass is 359 g/mol. The number of rotatable bonds is 2. The normalized spacial score (nSPS) is 16.8. The maximum absolute atomic E-state index is 6.35. The number of aromatic nitrogens is 1. The molecule has 1 heterocycles. The van der Waals surface area contributed by atoms with Gasteiger partial charge in [0.05, 0.1) is 24.2 Å². The van der Waals surface area contributed by atoms with Crippen LogP contribution in [-0.4, -0.2) is 11.7 Å². The summed E-state index contributed by atoms with van der Waals surface area (Å²) in [6, 6.07) is 17.2. The second kappa shape index (κ2) is 5.93. The van der Waals surface area contributed by atoms with Crippen LogP contribution in [-0.2, 0) is 0 Å². The van der Waals surface area contributed by atoms with E-state index in [4.69, 9.17) is 16.3 Å². The Bertz CT molecular complexity index is 1220. The number of hydrogen-bond donors (Lipinski definition) is 0. The molecule has 3 heteroatoms. The molecule has 1 unspecified atom stereocenters. The molecule has 0 spiro atoms. The van der Waals surface area contributed by atoms with Crippen LogP contribution >= 0.6 is 11.6 Å². The van der Waals surface area contributed by atoms with Gasteiger partial charge in [-0.05, 0) is 42.1 Å². The van der Waals surface area contributed by atoms with Crippen LogP contribution < -0.4 is 4.74 Å². The van der Waals surface area contributed by atoms with Gasteiger partial charge >= 0.3 is 0 Å². The van der Waals surface area contributed by atoms with E-state index >= 15 is 0 Å². The van der Waals surface area contributed by atoms with Gasteiger partial charge in [0.1, 0.15) is 5.75 Å². The lowest BCUT2D eigenvalue weighted by Crippen LogP contribution is -2.07. The number of benzene rings is 3. The molecule has 1 atom stereocenters. The zero-order chi connectivity index (χ0) is 17.7. The molecule has 0 saturated heterocycles. The first-order valence-corrected chi connectivity index (χ1v) is 9.17. The Morgan fingerprint density at radius 2 is 1.81 bits per heavy atom. The van der Waals surface area contributed by atoms with Gasteiger partial charge in [0.2, 0.25) is 0 Å². The van der Waals surface area contributed by atoms with E-state index in [1.165, 1.54) is 32.6 Å². The fourth-order valence-corrected chi connectivity index (χ4v) is 4.22. The molecule has 3 aromatic carbocycles. The first-order chi connectivity index (χ1) is 12.8. The molecule has 1 aromatic heterocycles. The zero-order valence-electron chi connectivity index (χ0n) is 14.4. The fraction of sp³-hybridized carbons (Fsp3) is 0.130. The molecule has 0 N–H and O–H groups in total. The molecule has 128 valence electrons. The molecule has 26 heavy (non-hydrogen) atoms. The molecule has 5 rings (SSSR count). The van der Waals surface area contributed by atoms with Crippen LogP contribution in [0, 0.1) is 0 Å². The van der Waals surface area contributed by atoms with Crippen LogP contribution in [0.5, 0.6) is 5.75 Å². The number of nitrogens with zero attached hydrogens (tertiary/aromatic N) is 1. The van der Waals surface area contributed by atoms with E-state index in [0.717, 1.165) is 17.2 Å². The Morgan fingerprint density at radius 1 is 0.962 bits per heavy atom. The number of methoxy groups -OCH3 is 1. The van der Waals surface area contributed by atoms with E-state index in [1.54, 1.807) is 7.11 Å². The minimum atomic E-state index is 0.283. The van der Waals surface area contributed by atoms with Gasteiger partial charge in [0, 0.05) is 21.2 Å². The molecule has 4 aromatic rings. The SMILES string of the molecule is COc1ccc2c(ccc3c4ccc(Cl)cc4n(C4C=CC=CC4)c23)c1.